The van der Waals surface area contributed by atoms with Gasteiger partial charge in [-0.05, 0) is 61.7 Å². The summed E-state index contributed by atoms with van der Waals surface area (Å²) in [5.74, 6) is 0.190. The maximum absolute atomic E-state index is 11.9. The number of nitro benzene ring substituents is 1. The number of nitro groups is 1. The molecule has 1 amide bonds. The molecule has 0 aliphatic heterocycles. The third-order valence-corrected chi connectivity index (χ3v) is 4.12. The third-order valence-electron chi connectivity index (χ3n) is 2.94. The van der Waals surface area contributed by atoms with Crippen LogP contribution in [0.1, 0.15) is 15.9 Å². The van der Waals surface area contributed by atoms with Gasteiger partial charge in [-0.25, -0.2) is 5.43 Å². The Morgan fingerprint density at radius 2 is 1.83 bits per heavy atom. The lowest BCUT2D eigenvalue weighted by Crippen LogP contribution is -2.17. The SMILES string of the molecule is COc1c(Br)cc(/C=N/NC(=O)c2ccc([N+](=O)[O-])cc2)cc1Br. The molecule has 0 saturated carbocycles. The predicted molar refractivity (Wildman–Crippen MR) is 96.6 cm³/mol. The molecule has 0 aliphatic rings. The number of hydrogen-bond acceptors (Lipinski definition) is 5. The summed E-state index contributed by atoms with van der Waals surface area (Å²) in [6.45, 7) is 0. The van der Waals surface area contributed by atoms with Crippen molar-refractivity contribution in [3.8, 4) is 5.75 Å². The number of nitrogens with zero attached hydrogens (tertiary/aromatic N) is 2. The van der Waals surface area contributed by atoms with Gasteiger partial charge in [0.25, 0.3) is 11.6 Å². The molecule has 9 heteroatoms. The van der Waals surface area contributed by atoms with E-state index in [-0.39, 0.29) is 11.3 Å². The molecule has 0 unspecified atom stereocenters. The number of benzene rings is 2. The van der Waals surface area contributed by atoms with Crippen LogP contribution in [0.3, 0.4) is 0 Å². The van der Waals surface area contributed by atoms with Crippen molar-refractivity contribution in [2.24, 2.45) is 5.10 Å². The van der Waals surface area contributed by atoms with Gasteiger partial charge in [0.2, 0.25) is 0 Å². The number of ether oxygens (including phenoxy) is 1. The molecular weight excluding hydrogens is 446 g/mol. The monoisotopic (exact) mass is 455 g/mol. The van der Waals surface area contributed by atoms with Crippen molar-refractivity contribution >= 4 is 49.7 Å². The molecule has 0 bridgehead atoms. The number of rotatable bonds is 5. The molecule has 0 aromatic heterocycles. The first-order chi connectivity index (χ1) is 11.4. The molecule has 0 saturated heterocycles. The first kappa shape index (κ1) is 18.1. The van der Waals surface area contributed by atoms with Crippen molar-refractivity contribution in [1.29, 1.82) is 0 Å². The number of carbonyl (C=O) groups excluding carboxylic acids is 1. The number of amides is 1. The van der Waals surface area contributed by atoms with Crippen molar-refractivity contribution < 1.29 is 14.5 Å². The van der Waals surface area contributed by atoms with Crippen LogP contribution in [-0.4, -0.2) is 24.2 Å². The second kappa shape index (κ2) is 8.02. The molecule has 124 valence electrons. The summed E-state index contributed by atoms with van der Waals surface area (Å²) in [5.41, 5.74) is 3.29. The lowest BCUT2D eigenvalue weighted by Gasteiger charge is -2.06. The predicted octanol–water partition coefficient (Wildman–Crippen LogP) is 3.89. The second-order valence-corrected chi connectivity index (χ2v) is 6.23. The van der Waals surface area contributed by atoms with Crippen molar-refractivity contribution in [3.05, 3.63) is 66.6 Å². The van der Waals surface area contributed by atoms with Crippen LogP contribution in [0, 0.1) is 10.1 Å². The van der Waals surface area contributed by atoms with Gasteiger partial charge in [0.15, 0.2) is 0 Å². The summed E-state index contributed by atoms with van der Waals surface area (Å²) < 4.78 is 6.68. The molecule has 0 heterocycles. The van der Waals surface area contributed by atoms with E-state index in [0.717, 1.165) is 14.5 Å². The molecule has 7 nitrogen and oxygen atoms in total. The molecule has 0 atom stereocenters. The Hall–Kier alpha value is -2.26. The zero-order valence-electron chi connectivity index (χ0n) is 12.3. The van der Waals surface area contributed by atoms with Gasteiger partial charge in [0, 0.05) is 17.7 Å². The van der Waals surface area contributed by atoms with Gasteiger partial charge in [-0.1, -0.05) is 0 Å². The number of carbonyl (C=O) groups is 1. The van der Waals surface area contributed by atoms with Crippen molar-refractivity contribution in [1.82, 2.24) is 5.43 Å². The molecule has 0 aliphatic carbocycles. The summed E-state index contributed by atoms with van der Waals surface area (Å²) >= 11 is 6.75. The van der Waals surface area contributed by atoms with E-state index in [4.69, 9.17) is 4.74 Å². The fourth-order valence-electron chi connectivity index (χ4n) is 1.81. The number of non-ortho nitro benzene ring substituents is 1. The van der Waals surface area contributed by atoms with E-state index >= 15 is 0 Å². The van der Waals surface area contributed by atoms with Crippen LogP contribution in [0.2, 0.25) is 0 Å². The average Bonchev–Trinajstić information content (AvgIpc) is 2.54. The fourth-order valence-corrected chi connectivity index (χ4v) is 3.36. The zero-order chi connectivity index (χ0) is 17.7. The molecule has 0 fully saturated rings. The van der Waals surface area contributed by atoms with Crippen LogP contribution in [-0.2, 0) is 0 Å². The number of hydrogen-bond donors (Lipinski definition) is 1. The number of nitrogens with one attached hydrogen (secondary N) is 1. The Kier molecular flexibility index (Phi) is 6.04. The topological polar surface area (TPSA) is 93.8 Å². The summed E-state index contributed by atoms with van der Waals surface area (Å²) in [5, 5.41) is 14.4. The molecule has 0 radical (unpaired) electrons. The van der Waals surface area contributed by atoms with Gasteiger partial charge in [-0.2, -0.15) is 5.10 Å². The van der Waals surface area contributed by atoms with Crippen LogP contribution in [0.15, 0.2) is 50.4 Å². The minimum Gasteiger partial charge on any atom is -0.494 e. The van der Waals surface area contributed by atoms with Gasteiger partial charge in [-0.3, -0.25) is 14.9 Å². The molecule has 24 heavy (non-hydrogen) atoms. The smallest absolute Gasteiger partial charge is 0.271 e. The van der Waals surface area contributed by atoms with Gasteiger partial charge < -0.3 is 4.74 Å². The van der Waals surface area contributed by atoms with Crippen LogP contribution < -0.4 is 10.2 Å². The standard InChI is InChI=1S/C15H11Br2N3O4/c1-24-14-12(16)6-9(7-13(14)17)8-18-19-15(21)10-2-4-11(5-3-10)20(22)23/h2-8H,1H3,(H,19,21)/b18-8+. The lowest BCUT2D eigenvalue weighted by atomic mass is 10.2. The van der Waals surface area contributed by atoms with E-state index in [9.17, 15) is 14.9 Å². The zero-order valence-corrected chi connectivity index (χ0v) is 15.5. The Bertz CT molecular complexity index is 784. The maximum atomic E-state index is 11.9. The third kappa shape index (κ3) is 4.39. The maximum Gasteiger partial charge on any atom is 0.271 e. The van der Waals surface area contributed by atoms with Crippen LogP contribution in [0.25, 0.3) is 0 Å². The van der Waals surface area contributed by atoms with E-state index < -0.39 is 10.8 Å². The highest BCUT2D eigenvalue weighted by Crippen LogP contribution is 2.33. The highest BCUT2D eigenvalue weighted by atomic mass is 79.9. The number of methoxy groups -OCH3 is 1. The summed E-state index contributed by atoms with van der Waals surface area (Å²) in [7, 11) is 1.56. The minimum atomic E-state index is -0.529. The van der Waals surface area contributed by atoms with E-state index in [1.54, 1.807) is 19.2 Å². The average molecular weight is 457 g/mol. The lowest BCUT2D eigenvalue weighted by molar-refractivity contribution is -0.384. The Balaban J connectivity index is 2.06. The highest BCUT2D eigenvalue weighted by molar-refractivity contribution is 9.11. The molecule has 2 rings (SSSR count). The normalized spacial score (nSPS) is 10.6. The summed E-state index contributed by atoms with van der Waals surface area (Å²) in [6, 6.07) is 8.82. The van der Waals surface area contributed by atoms with Gasteiger partial charge in [0.1, 0.15) is 5.75 Å². The second-order valence-electron chi connectivity index (χ2n) is 4.52. The summed E-state index contributed by atoms with van der Waals surface area (Å²) in [6.07, 6.45) is 1.47. The number of hydrazone groups is 1. The highest BCUT2D eigenvalue weighted by Gasteiger charge is 2.09. The van der Waals surface area contributed by atoms with Crippen molar-refractivity contribution in [2.45, 2.75) is 0 Å². The number of halogens is 2. The quantitative estimate of drug-likeness (QED) is 0.419. The van der Waals surface area contributed by atoms with Crippen LogP contribution in [0.5, 0.6) is 5.75 Å². The van der Waals surface area contributed by atoms with Gasteiger partial charge in [0.05, 0.1) is 27.2 Å². The molecule has 0 spiro atoms. The van der Waals surface area contributed by atoms with E-state index in [1.807, 2.05) is 0 Å². The minimum absolute atomic E-state index is 0.0806. The molecule has 2 aromatic carbocycles. The Morgan fingerprint density at radius 1 is 1.25 bits per heavy atom. The largest absolute Gasteiger partial charge is 0.494 e. The molecular formula is C15H11Br2N3O4. The van der Waals surface area contributed by atoms with Crippen molar-refractivity contribution in [3.63, 3.8) is 0 Å². The fraction of sp³-hybridized carbons (Fsp3) is 0.0667. The van der Waals surface area contributed by atoms with E-state index in [2.05, 4.69) is 42.4 Å². The van der Waals surface area contributed by atoms with Gasteiger partial charge >= 0.3 is 0 Å². The first-order valence-corrected chi connectivity index (χ1v) is 8.12. The van der Waals surface area contributed by atoms with Gasteiger partial charge in [-0.15, -0.1) is 0 Å². The van der Waals surface area contributed by atoms with Crippen LogP contribution in [0.4, 0.5) is 5.69 Å². The van der Waals surface area contributed by atoms with E-state index in [1.165, 1.54) is 30.5 Å². The molecule has 2 aromatic rings. The van der Waals surface area contributed by atoms with Crippen molar-refractivity contribution in [2.75, 3.05) is 7.11 Å². The summed E-state index contributed by atoms with van der Waals surface area (Å²) in [4.78, 5) is 22.0. The van der Waals surface area contributed by atoms with E-state index in [0.29, 0.717) is 5.75 Å². The Morgan fingerprint density at radius 3 is 2.33 bits per heavy atom. The Labute approximate surface area is 154 Å². The molecule has 1 N–H and O–H groups in total. The van der Waals surface area contributed by atoms with Crippen LogP contribution >= 0.6 is 31.9 Å². The first-order valence-electron chi connectivity index (χ1n) is 6.53.